The zero-order chi connectivity index (χ0) is 26.6. The van der Waals surface area contributed by atoms with Crippen LogP contribution in [0.15, 0.2) is 30.3 Å². The average Bonchev–Trinajstić information content (AvgIpc) is 3.63. The Balaban J connectivity index is 1.30. The molecule has 0 spiro atoms. The Labute approximate surface area is 217 Å². The van der Waals surface area contributed by atoms with Crippen molar-refractivity contribution >= 4 is 23.2 Å². The van der Waals surface area contributed by atoms with Crippen LogP contribution in [0.4, 0.5) is 24.5 Å². The molecule has 6 rings (SSSR count). The van der Waals surface area contributed by atoms with Crippen LogP contribution in [0.2, 0.25) is 0 Å². The maximum absolute atomic E-state index is 13.5. The number of pyridine rings is 1. The van der Waals surface area contributed by atoms with Gasteiger partial charge in [-0.05, 0) is 67.9 Å². The number of carbonyl (C=O) groups is 2. The first-order valence-corrected chi connectivity index (χ1v) is 13.0. The first-order chi connectivity index (χ1) is 18.2. The molecule has 4 heterocycles. The predicted octanol–water partition coefficient (Wildman–Crippen LogP) is 3.84. The van der Waals surface area contributed by atoms with Gasteiger partial charge in [0.1, 0.15) is 11.4 Å². The number of halogens is 3. The summed E-state index contributed by atoms with van der Waals surface area (Å²) in [5.41, 5.74) is 0.999. The number of nitrogens with zero attached hydrogens (tertiary/aromatic N) is 3. The van der Waals surface area contributed by atoms with Gasteiger partial charge in [0.2, 0.25) is 0 Å². The molecule has 0 radical (unpaired) electrons. The lowest BCUT2D eigenvalue weighted by molar-refractivity contribution is -0.141. The van der Waals surface area contributed by atoms with Gasteiger partial charge in [-0.1, -0.05) is 6.07 Å². The Morgan fingerprint density at radius 2 is 1.92 bits per heavy atom. The largest absolute Gasteiger partial charge is 0.433 e. The summed E-state index contributed by atoms with van der Waals surface area (Å²) >= 11 is 0. The van der Waals surface area contributed by atoms with E-state index in [0.29, 0.717) is 36.6 Å². The molecule has 11 heteroatoms. The minimum absolute atomic E-state index is 0.0493. The number of benzene rings is 1. The molecule has 2 atom stereocenters. The van der Waals surface area contributed by atoms with Crippen LogP contribution in [0, 0.1) is 5.92 Å². The van der Waals surface area contributed by atoms with Crippen LogP contribution in [0.25, 0.3) is 0 Å². The topological polar surface area (TPSA) is 95.0 Å². The van der Waals surface area contributed by atoms with Gasteiger partial charge in [0.25, 0.3) is 11.8 Å². The lowest BCUT2D eigenvalue weighted by Crippen LogP contribution is -2.39. The maximum atomic E-state index is 13.5. The van der Waals surface area contributed by atoms with Gasteiger partial charge < -0.3 is 25.0 Å². The van der Waals surface area contributed by atoms with E-state index in [2.05, 4.69) is 15.2 Å². The molecule has 1 aliphatic carbocycles. The van der Waals surface area contributed by atoms with Crippen LogP contribution < -0.4 is 10.2 Å². The molecule has 2 bridgehead atoms. The zero-order valence-electron chi connectivity index (χ0n) is 20.7. The van der Waals surface area contributed by atoms with E-state index >= 15 is 0 Å². The Hall–Kier alpha value is -3.18. The molecule has 2 amide bonds. The van der Waals surface area contributed by atoms with Crippen molar-refractivity contribution in [1.82, 2.24) is 9.88 Å². The molecule has 2 aromatic rings. The van der Waals surface area contributed by atoms with Crippen LogP contribution in [0.1, 0.15) is 64.2 Å². The van der Waals surface area contributed by atoms with Gasteiger partial charge in [0, 0.05) is 31.3 Å². The van der Waals surface area contributed by atoms with Gasteiger partial charge in [-0.15, -0.1) is 0 Å². The Kier molecular flexibility index (Phi) is 6.30. The van der Waals surface area contributed by atoms with E-state index in [0.717, 1.165) is 49.8 Å². The lowest BCUT2D eigenvalue weighted by atomic mass is 9.86. The molecule has 1 aromatic heterocycles. The number of alkyl halides is 3. The quantitative estimate of drug-likeness (QED) is 0.610. The van der Waals surface area contributed by atoms with Gasteiger partial charge in [-0.25, -0.2) is 4.98 Å². The molecule has 1 saturated carbocycles. The minimum atomic E-state index is -4.66. The van der Waals surface area contributed by atoms with Gasteiger partial charge in [-0.2, -0.15) is 13.2 Å². The van der Waals surface area contributed by atoms with Gasteiger partial charge in [-0.3, -0.25) is 9.59 Å². The molecule has 0 unspecified atom stereocenters. The normalized spacial score (nSPS) is 26.7. The first-order valence-electron chi connectivity index (χ1n) is 13.0. The number of anilines is 2. The highest BCUT2D eigenvalue weighted by Gasteiger charge is 2.42. The number of rotatable bonds is 5. The second-order valence-electron chi connectivity index (χ2n) is 10.7. The van der Waals surface area contributed by atoms with Crippen molar-refractivity contribution in [3.8, 4) is 0 Å². The molecular weight excluding hydrogens is 501 g/mol. The van der Waals surface area contributed by atoms with Gasteiger partial charge >= 0.3 is 6.18 Å². The fourth-order valence-electron chi connectivity index (χ4n) is 6.24. The number of nitrogens with one attached hydrogen (secondary N) is 1. The van der Waals surface area contributed by atoms with Crippen molar-refractivity contribution < 1.29 is 32.6 Å². The van der Waals surface area contributed by atoms with Crippen LogP contribution in [0.5, 0.6) is 0 Å². The molecule has 3 aliphatic heterocycles. The number of fused-ring (bicyclic) bond motifs is 3. The Morgan fingerprint density at radius 1 is 1.13 bits per heavy atom. The van der Waals surface area contributed by atoms with Crippen LogP contribution >= 0.6 is 0 Å². The zero-order valence-corrected chi connectivity index (χ0v) is 20.7. The van der Waals surface area contributed by atoms with Crippen molar-refractivity contribution in [3.63, 3.8) is 0 Å². The summed E-state index contributed by atoms with van der Waals surface area (Å²) in [5.74, 6) is -0.523. The Bertz CT molecular complexity index is 1260. The fourth-order valence-corrected chi connectivity index (χ4v) is 6.24. The summed E-state index contributed by atoms with van der Waals surface area (Å²) in [4.78, 5) is 34.1. The van der Waals surface area contributed by atoms with E-state index in [1.807, 2.05) is 11.0 Å². The summed E-state index contributed by atoms with van der Waals surface area (Å²) in [6.07, 6.45) is -0.358. The SMILES string of the molecule is O=C(Nc1cc2c(cc1N1C[C@@H]3C[C@H]1CO3)C(=O)N([C@H]1CC[C@H](CO)CC1)C2)c1cccc(C(F)(F)F)n1. The molecule has 2 saturated heterocycles. The highest BCUT2D eigenvalue weighted by atomic mass is 19.4. The van der Waals surface area contributed by atoms with Crippen LogP contribution in [-0.2, 0) is 17.5 Å². The monoisotopic (exact) mass is 530 g/mol. The molecule has 1 aromatic carbocycles. The number of morpholine rings is 1. The van der Waals surface area contributed by atoms with Gasteiger partial charge in [0.15, 0.2) is 0 Å². The average molecular weight is 531 g/mol. The number of carbonyl (C=O) groups excluding carboxylic acids is 2. The highest BCUT2D eigenvalue weighted by molar-refractivity contribution is 6.07. The molecule has 3 fully saturated rings. The number of aromatic nitrogens is 1. The molecule has 8 nitrogen and oxygen atoms in total. The number of aliphatic hydroxyl groups is 1. The van der Waals surface area contributed by atoms with Crippen molar-refractivity contribution in [2.24, 2.45) is 5.92 Å². The predicted molar refractivity (Wildman–Crippen MR) is 132 cm³/mol. The molecule has 38 heavy (non-hydrogen) atoms. The summed E-state index contributed by atoms with van der Waals surface area (Å²) in [7, 11) is 0. The fraction of sp³-hybridized carbons (Fsp3) is 0.519. The highest BCUT2D eigenvalue weighted by Crippen LogP contribution is 2.42. The molecule has 202 valence electrons. The van der Waals surface area contributed by atoms with E-state index in [-0.39, 0.29) is 42.3 Å². The minimum Gasteiger partial charge on any atom is -0.396 e. The van der Waals surface area contributed by atoms with Crippen molar-refractivity contribution in [2.45, 2.75) is 63.0 Å². The van der Waals surface area contributed by atoms with E-state index in [4.69, 9.17) is 4.74 Å². The smallest absolute Gasteiger partial charge is 0.396 e. The summed E-state index contributed by atoms with van der Waals surface area (Å²) in [6, 6.07) is 7.01. The number of amides is 2. The number of aliphatic hydroxyl groups excluding tert-OH is 1. The number of ether oxygens (including phenoxy) is 1. The maximum Gasteiger partial charge on any atom is 0.433 e. The van der Waals surface area contributed by atoms with E-state index in [1.165, 1.54) is 6.07 Å². The molecule has 4 aliphatic rings. The third kappa shape index (κ3) is 4.51. The summed E-state index contributed by atoms with van der Waals surface area (Å²) in [5, 5.41) is 12.3. The summed E-state index contributed by atoms with van der Waals surface area (Å²) < 4.78 is 45.2. The van der Waals surface area contributed by atoms with Gasteiger partial charge in [0.05, 0.1) is 30.1 Å². The van der Waals surface area contributed by atoms with Crippen molar-refractivity contribution in [3.05, 3.63) is 52.8 Å². The number of hydrogen-bond acceptors (Lipinski definition) is 6. The lowest BCUT2D eigenvalue weighted by Gasteiger charge is -2.34. The van der Waals surface area contributed by atoms with E-state index < -0.39 is 17.8 Å². The van der Waals surface area contributed by atoms with Crippen LogP contribution in [0.3, 0.4) is 0 Å². The third-order valence-electron chi connectivity index (χ3n) is 8.30. The summed E-state index contributed by atoms with van der Waals surface area (Å²) in [6.45, 7) is 1.72. The number of hydrogen-bond donors (Lipinski definition) is 2. The molecule has 2 N–H and O–H groups in total. The third-order valence-corrected chi connectivity index (χ3v) is 8.30. The van der Waals surface area contributed by atoms with Crippen molar-refractivity contribution in [1.29, 1.82) is 0 Å². The second-order valence-corrected chi connectivity index (χ2v) is 10.7. The van der Waals surface area contributed by atoms with Crippen LogP contribution in [-0.4, -0.2) is 64.8 Å². The van der Waals surface area contributed by atoms with Crippen molar-refractivity contribution in [2.75, 3.05) is 30.0 Å². The molecular formula is C27H29F3N4O4. The standard InChI is InChI=1S/C27H29F3N4O4/c28-27(29,30)24-3-1-2-21(31-24)25(36)32-22-8-16-11-34(17-6-4-15(13-35)5-7-17)26(37)20(16)10-23(22)33-12-19-9-18(33)14-38-19/h1-3,8,10,15,17-19,35H,4-7,9,11-14H2,(H,32,36)/t15-,17-,18-,19-/m0/s1. The van der Waals surface area contributed by atoms with E-state index in [9.17, 15) is 27.9 Å². The Morgan fingerprint density at radius 3 is 2.58 bits per heavy atom. The van der Waals surface area contributed by atoms with E-state index in [1.54, 1.807) is 6.07 Å². The second kappa shape index (κ2) is 9.53. The first kappa shape index (κ1) is 25.1.